The molecule has 2 heterocycles. The van der Waals surface area contributed by atoms with E-state index in [1.807, 2.05) is 0 Å². The molecule has 78 valence electrons. The van der Waals surface area contributed by atoms with Crippen LogP contribution in [-0.4, -0.2) is 37.1 Å². The molecule has 0 amide bonds. The zero-order valence-corrected chi connectivity index (χ0v) is 8.84. The summed E-state index contributed by atoms with van der Waals surface area (Å²) in [4.78, 5) is 2.39. The summed E-state index contributed by atoms with van der Waals surface area (Å²) in [5.41, 5.74) is 0. The molecule has 2 rings (SSSR count). The van der Waals surface area contributed by atoms with E-state index in [0.29, 0.717) is 0 Å². The maximum atomic E-state index is 5.31. The predicted octanol–water partition coefficient (Wildman–Crippen LogP) is 1.08. The van der Waals surface area contributed by atoms with Gasteiger partial charge in [0.15, 0.2) is 0 Å². The van der Waals surface area contributed by atoms with E-state index in [1.54, 1.807) is 0 Å². The average molecular weight is 192 g/mol. The first-order chi connectivity index (χ1) is 6.90. The Kier molecular flexibility index (Phi) is 3.44. The minimum absolute atomic E-state index is 0.808. The van der Waals surface area contributed by atoms with E-state index < -0.39 is 0 Å². The highest BCUT2D eigenvalue weighted by atomic mass is 15.1. The fourth-order valence-electron chi connectivity index (χ4n) is 2.76. The van der Waals surface area contributed by atoms with Crippen LogP contribution in [0.25, 0.3) is 0 Å². The van der Waals surface area contributed by atoms with Crippen molar-refractivity contribution in [3.63, 3.8) is 0 Å². The van der Waals surface area contributed by atoms with E-state index in [2.05, 4.69) is 16.1 Å². The zero-order chi connectivity index (χ0) is 9.80. The molecule has 0 spiro atoms. The van der Waals surface area contributed by atoms with Gasteiger partial charge < -0.3 is 5.32 Å². The van der Waals surface area contributed by atoms with Gasteiger partial charge in [-0.05, 0) is 51.2 Å². The van der Waals surface area contributed by atoms with Crippen molar-refractivity contribution < 1.29 is 0 Å². The Labute approximate surface area is 87.1 Å². The topological polar surface area (TPSA) is 15.3 Å². The minimum atomic E-state index is 0.808. The standard InChI is InChI=1S/C12H20N2/c1-2-8-14-9-5-11(6-10-14)12-4-3-7-13-12/h1,11-13H,3-10H2. The third kappa shape index (κ3) is 2.29. The van der Waals surface area contributed by atoms with E-state index >= 15 is 0 Å². The molecule has 2 saturated heterocycles. The average Bonchev–Trinajstić information content (AvgIpc) is 2.72. The van der Waals surface area contributed by atoms with Crippen molar-refractivity contribution in [3.8, 4) is 12.3 Å². The Morgan fingerprint density at radius 3 is 2.64 bits per heavy atom. The highest BCUT2D eigenvalue weighted by Crippen LogP contribution is 2.25. The molecule has 1 atom stereocenters. The van der Waals surface area contributed by atoms with Gasteiger partial charge in [-0.15, -0.1) is 6.42 Å². The SMILES string of the molecule is C#CCN1CCC(C2CCCN2)CC1. The quantitative estimate of drug-likeness (QED) is 0.659. The van der Waals surface area contributed by atoms with Gasteiger partial charge in [0.1, 0.15) is 0 Å². The molecule has 0 aromatic heterocycles. The smallest absolute Gasteiger partial charge is 0.0598 e. The first kappa shape index (κ1) is 10.0. The maximum Gasteiger partial charge on any atom is 0.0598 e. The summed E-state index contributed by atoms with van der Waals surface area (Å²) in [6.45, 7) is 4.47. The summed E-state index contributed by atoms with van der Waals surface area (Å²) in [6.07, 6.45) is 10.7. The summed E-state index contributed by atoms with van der Waals surface area (Å²) >= 11 is 0. The Balaban J connectivity index is 1.75. The van der Waals surface area contributed by atoms with E-state index in [0.717, 1.165) is 18.5 Å². The van der Waals surface area contributed by atoms with E-state index in [4.69, 9.17) is 6.42 Å². The molecule has 2 nitrogen and oxygen atoms in total. The normalized spacial score (nSPS) is 30.4. The molecule has 1 N–H and O–H groups in total. The Hall–Kier alpha value is -0.520. The zero-order valence-electron chi connectivity index (χ0n) is 8.84. The van der Waals surface area contributed by atoms with Gasteiger partial charge in [0.05, 0.1) is 6.54 Å². The monoisotopic (exact) mass is 192 g/mol. The van der Waals surface area contributed by atoms with Crippen LogP contribution >= 0.6 is 0 Å². The lowest BCUT2D eigenvalue weighted by Gasteiger charge is -2.33. The summed E-state index contributed by atoms with van der Waals surface area (Å²) in [7, 11) is 0. The van der Waals surface area contributed by atoms with Crippen molar-refractivity contribution >= 4 is 0 Å². The maximum absolute atomic E-state index is 5.31. The number of terminal acetylenes is 1. The molecular weight excluding hydrogens is 172 g/mol. The third-order valence-corrected chi connectivity index (χ3v) is 3.61. The molecule has 0 bridgehead atoms. The number of hydrogen-bond donors (Lipinski definition) is 1. The fraction of sp³-hybridized carbons (Fsp3) is 0.833. The van der Waals surface area contributed by atoms with Crippen LogP contribution in [0, 0.1) is 18.3 Å². The fourth-order valence-corrected chi connectivity index (χ4v) is 2.76. The van der Waals surface area contributed by atoms with Gasteiger partial charge in [0, 0.05) is 6.04 Å². The van der Waals surface area contributed by atoms with Crippen LogP contribution in [0.3, 0.4) is 0 Å². The Bertz CT molecular complexity index is 205. The molecule has 0 aromatic rings. The van der Waals surface area contributed by atoms with Crippen LogP contribution in [0.1, 0.15) is 25.7 Å². The largest absolute Gasteiger partial charge is 0.314 e. The predicted molar refractivity (Wildman–Crippen MR) is 59.0 cm³/mol. The van der Waals surface area contributed by atoms with Crippen molar-refractivity contribution in [2.24, 2.45) is 5.92 Å². The number of nitrogens with zero attached hydrogens (tertiary/aromatic N) is 1. The summed E-state index contributed by atoms with van der Waals surface area (Å²) in [6, 6.07) is 0.808. The molecule has 1 unspecified atom stereocenters. The van der Waals surface area contributed by atoms with Crippen LogP contribution in [0.4, 0.5) is 0 Å². The van der Waals surface area contributed by atoms with Crippen LogP contribution in [0.2, 0.25) is 0 Å². The van der Waals surface area contributed by atoms with Crippen molar-refractivity contribution in [3.05, 3.63) is 0 Å². The first-order valence-corrected chi connectivity index (χ1v) is 5.79. The lowest BCUT2D eigenvalue weighted by Crippen LogP contribution is -2.40. The second-order valence-corrected chi connectivity index (χ2v) is 4.52. The van der Waals surface area contributed by atoms with Crippen molar-refractivity contribution in [2.75, 3.05) is 26.2 Å². The molecule has 2 heteroatoms. The number of rotatable bonds is 2. The second kappa shape index (κ2) is 4.82. The van der Waals surface area contributed by atoms with Crippen molar-refractivity contribution in [1.29, 1.82) is 0 Å². The molecular formula is C12H20N2. The van der Waals surface area contributed by atoms with E-state index in [1.165, 1.54) is 45.3 Å². The summed E-state index contributed by atoms with van der Waals surface area (Å²) in [5.74, 6) is 3.64. The highest BCUT2D eigenvalue weighted by molar-refractivity contribution is 4.91. The molecule has 0 aliphatic carbocycles. The van der Waals surface area contributed by atoms with Crippen LogP contribution < -0.4 is 5.32 Å². The molecule has 2 aliphatic heterocycles. The van der Waals surface area contributed by atoms with Crippen LogP contribution in [0.15, 0.2) is 0 Å². The lowest BCUT2D eigenvalue weighted by atomic mass is 9.88. The van der Waals surface area contributed by atoms with Gasteiger partial charge in [-0.3, -0.25) is 4.90 Å². The van der Waals surface area contributed by atoms with E-state index in [-0.39, 0.29) is 0 Å². The Morgan fingerprint density at radius 1 is 1.29 bits per heavy atom. The molecule has 0 radical (unpaired) electrons. The summed E-state index contributed by atoms with van der Waals surface area (Å²) < 4.78 is 0. The molecule has 0 aromatic carbocycles. The second-order valence-electron chi connectivity index (χ2n) is 4.52. The van der Waals surface area contributed by atoms with Crippen LogP contribution in [-0.2, 0) is 0 Å². The molecule has 14 heavy (non-hydrogen) atoms. The van der Waals surface area contributed by atoms with Gasteiger partial charge >= 0.3 is 0 Å². The first-order valence-electron chi connectivity index (χ1n) is 5.79. The number of piperidine rings is 1. The van der Waals surface area contributed by atoms with Crippen molar-refractivity contribution in [2.45, 2.75) is 31.7 Å². The molecule has 0 saturated carbocycles. The lowest BCUT2D eigenvalue weighted by molar-refractivity contribution is 0.179. The van der Waals surface area contributed by atoms with Gasteiger partial charge in [0.2, 0.25) is 0 Å². The van der Waals surface area contributed by atoms with Gasteiger partial charge in [-0.2, -0.15) is 0 Å². The van der Waals surface area contributed by atoms with Crippen molar-refractivity contribution in [1.82, 2.24) is 10.2 Å². The molecule has 2 aliphatic rings. The number of likely N-dealkylation sites (tertiary alicyclic amines) is 1. The van der Waals surface area contributed by atoms with Gasteiger partial charge in [-0.1, -0.05) is 5.92 Å². The number of nitrogens with one attached hydrogen (secondary N) is 1. The van der Waals surface area contributed by atoms with E-state index in [9.17, 15) is 0 Å². The minimum Gasteiger partial charge on any atom is -0.314 e. The molecule has 2 fully saturated rings. The van der Waals surface area contributed by atoms with Gasteiger partial charge in [0.25, 0.3) is 0 Å². The number of hydrogen-bond acceptors (Lipinski definition) is 2. The van der Waals surface area contributed by atoms with Crippen LogP contribution in [0.5, 0.6) is 0 Å². The summed E-state index contributed by atoms with van der Waals surface area (Å²) in [5, 5.41) is 3.61. The van der Waals surface area contributed by atoms with Gasteiger partial charge in [-0.25, -0.2) is 0 Å². The highest BCUT2D eigenvalue weighted by Gasteiger charge is 2.27. The Morgan fingerprint density at radius 2 is 2.07 bits per heavy atom. The third-order valence-electron chi connectivity index (χ3n) is 3.61.